The number of anilines is 1. The van der Waals surface area contributed by atoms with E-state index in [4.69, 9.17) is 4.74 Å². The zero-order valence-corrected chi connectivity index (χ0v) is 17.2. The monoisotopic (exact) mass is 429 g/mol. The Morgan fingerprint density at radius 3 is 2.35 bits per heavy atom. The number of methoxy groups -OCH3 is 1. The normalized spacial score (nSPS) is 14.5. The van der Waals surface area contributed by atoms with Gasteiger partial charge in [0, 0.05) is 31.9 Å². The van der Waals surface area contributed by atoms with Gasteiger partial charge in [-0.3, -0.25) is 9.69 Å². The molecule has 1 heterocycles. The van der Waals surface area contributed by atoms with Crippen LogP contribution in [0.2, 0.25) is 0 Å². The van der Waals surface area contributed by atoms with Crippen LogP contribution in [-0.2, 0) is 9.53 Å². The number of ether oxygens (including phenoxy) is 2. The molecule has 31 heavy (non-hydrogen) atoms. The second kappa shape index (κ2) is 10.5. The minimum absolute atomic E-state index is 0.176. The highest BCUT2D eigenvalue weighted by atomic mass is 19.1. The highest BCUT2D eigenvalue weighted by Gasteiger charge is 2.22. The molecule has 9 heteroatoms. The zero-order chi connectivity index (χ0) is 22.2. The van der Waals surface area contributed by atoms with Gasteiger partial charge in [0.05, 0.1) is 19.2 Å². The maximum Gasteiger partial charge on any atom is 0.415 e. The first-order chi connectivity index (χ1) is 14.9. The van der Waals surface area contributed by atoms with E-state index in [9.17, 15) is 18.8 Å². The number of halogens is 1. The van der Waals surface area contributed by atoms with E-state index in [1.165, 1.54) is 55.6 Å². The van der Waals surface area contributed by atoms with Crippen molar-refractivity contribution in [3.63, 3.8) is 0 Å². The largest absolute Gasteiger partial charge is 0.465 e. The Labute approximate surface area is 179 Å². The van der Waals surface area contributed by atoms with E-state index in [1.54, 1.807) is 4.90 Å². The van der Waals surface area contributed by atoms with Gasteiger partial charge in [0.2, 0.25) is 5.91 Å². The Morgan fingerprint density at radius 1 is 0.968 bits per heavy atom. The Bertz CT molecular complexity index is 918. The molecule has 0 bridgehead atoms. The van der Waals surface area contributed by atoms with Crippen LogP contribution in [0.3, 0.4) is 0 Å². The molecular formula is C22H24FN3O5. The lowest BCUT2D eigenvalue weighted by atomic mass is 10.2. The average molecular weight is 429 g/mol. The van der Waals surface area contributed by atoms with E-state index in [0.717, 1.165) is 0 Å². The molecule has 164 valence electrons. The van der Waals surface area contributed by atoms with E-state index < -0.39 is 12.1 Å². The van der Waals surface area contributed by atoms with E-state index in [1.807, 2.05) is 4.90 Å². The Kier molecular flexibility index (Phi) is 7.55. The molecule has 1 saturated heterocycles. The fourth-order valence-corrected chi connectivity index (χ4v) is 3.19. The molecule has 2 aromatic rings. The lowest BCUT2D eigenvalue weighted by Crippen LogP contribution is -2.39. The lowest BCUT2D eigenvalue weighted by Gasteiger charge is -2.21. The summed E-state index contributed by atoms with van der Waals surface area (Å²) in [5.41, 5.74) is 0.899. The Hall–Kier alpha value is -3.46. The first-order valence-corrected chi connectivity index (χ1v) is 9.87. The average Bonchev–Trinajstić information content (AvgIpc) is 3.01. The summed E-state index contributed by atoms with van der Waals surface area (Å²) >= 11 is 0. The number of nitrogens with zero attached hydrogens (tertiary/aromatic N) is 2. The van der Waals surface area contributed by atoms with Crippen molar-refractivity contribution >= 4 is 23.7 Å². The number of benzene rings is 2. The van der Waals surface area contributed by atoms with Crippen LogP contribution in [0.15, 0.2) is 48.5 Å². The summed E-state index contributed by atoms with van der Waals surface area (Å²) in [4.78, 5) is 39.7. The Morgan fingerprint density at radius 2 is 1.68 bits per heavy atom. The second-order valence-electron chi connectivity index (χ2n) is 7.06. The summed E-state index contributed by atoms with van der Waals surface area (Å²) in [6, 6.07) is 11.7. The van der Waals surface area contributed by atoms with Crippen molar-refractivity contribution in [1.29, 1.82) is 0 Å². The summed E-state index contributed by atoms with van der Waals surface area (Å²) < 4.78 is 23.0. The third-order valence-electron chi connectivity index (χ3n) is 4.82. The summed E-state index contributed by atoms with van der Waals surface area (Å²) in [7, 11) is 1.30. The molecule has 0 aliphatic carbocycles. The number of esters is 1. The smallest absolute Gasteiger partial charge is 0.415 e. The topological polar surface area (TPSA) is 88.2 Å². The highest BCUT2D eigenvalue weighted by Crippen LogP contribution is 2.15. The molecule has 0 saturated carbocycles. The van der Waals surface area contributed by atoms with Crippen LogP contribution in [0.5, 0.6) is 5.75 Å². The molecule has 2 aromatic carbocycles. The van der Waals surface area contributed by atoms with Gasteiger partial charge in [-0.1, -0.05) is 0 Å². The van der Waals surface area contributed by atoms with Crippen LogP contribution in [0, 0.1) is 5.82 Å². The third-order valence-corrected chi connectivity index (χ3v) is 4.82. The van der Waals surface area contributed by atoms with Gasteiger partial charge < -0.3 is 19.7 Å². The van der Waals surface area contributed by atoms with E-state index in [2.05, 4.69) is 10.1 Å². The summed E-state index contributed by atoms with van der Waals surface area (Å²) in [6.07, 6.45) is 0.212. The molecule has 0 radical (unpaired) electrons. The first kappa shape index (κ1) is 22.2. The fourth-order valence-electron chi connectivity index (χ4n) is 3.19. The standard InChI is InChI=1S/C22H24FN3O5/c1-30-21(28)16-3-9-19(10-4-16)31-22(29)26-12-2-11-25(13-14-26)15-20(27)24-18-7-5-17(23)6-8-18/h3-10H,2,11-15H2,1H3,(H,24,27). The van der Waals surface area contributed by atoms with E-state index >= 15 is 0 Å². The second-order valence-corrected chi connectivity index (χ2v) is 7.06. The highest BCUT2D eigenvalue weighted by molar-refractivity contribution is 5.92. The van der Waals surface area contributed by atoms with Gasteiger partial charge in [-0.05, 0) is 55.0 Å². The van der Waals surface area contributed by atoms with Crippen molar-refractivity contribution < 1.29 is 28.2 Å². The number of nitrogens with one attached hydrogen (secondary N) is 1. The van der Waals surface area contributed by atoms with Gasteiger partial charge in [0.15, 0.2) is 0 Å². The predicted octanol–water partition coefficient (Wildman–Crippen LogP) is 2.76. The summed E-state index contributed by atoms with van der Waals surface area (Å²) in [6.45, 7) is 2.29. The minimum Gasteiger partial charge on any atom is -0.465 e. The molecule has 2 amide bonds. The number of hydrogen-bond acceptors (Lipinski definition) is 6. The number of hydrogen-bond donors (Lipinski definition) is 1. The van der Waals surface area contributed by atoms with Crippen molar-refractivity contribution in [2.24, 2.45) is 0 Å². The van der Waals surface area contributed by atoms with E-state index in [0.29, 0.717) is 49.6 Å². The molecule has 1 fully saturated rings. The molecule has 3 rings (SSSR count). The van der Waals surface area contributed by atoms with E-state index in [-0.39, 0.29) is 18.3 Å². The molecule has 0 unspecified atom stereocenters. The van der Waals surface area contributed by atoms with Crippen molar-refractivity contribution in [2.75, 3.05) is 45.2 Å². The molecule has 8 nitrogen and oxygen atoms in total. The number of rotatable bonds is 5. The molecular weight excluding hydrogens is 405 g/mol. The predicted molar refractivity (Wildman–Crippen MR) is 111 cm³/mol. The van der Waals surface area contributed by atoms with Crippen molar-refractivity contribution in [3.05, 3.63) is 59.9 Å². The molecule has 1 N–H and O–H groups in total. The number of carbonyl (C=O) groups is 3. The van der Waals surface area contributed by atoms with Crippen LogP contribution in [0.4, 0.5) is 14.9 Å². The van der Waals surface area contributed by atoms with Crippen LogP contribution in [0.25, 0.3) is 0 Å². The quantitative estimate of drug-likeness (QED) is 0.736. The minimum atomic E-state index is -0.483. The maximum absolute atomic E-state index is 13.0. The zero-order valence-electron chi connectivity index (χ0n) is 17.2. The van der Waals surface area contributed by atoms with Gasteiger partial charge >= 0.3 is 12.1 Å². The van der Waals surface area contributed by atoms with Crippen molar-refractivity contribution in [3.8, 4) is 5.75 Å². The molecule has 1 aliphatic heterocycles. The fraction of sp³-hybridized carbons (Fsp3) is 0.318. The number of carbonyl (C=O) groups excluding carboxylic acids is 3. The SMILES string of the molecule is COC(=O)c1ccc(OC(=O)N2CCCN(CC(=O)Nc3ccc(F)cc3)CC2)cc1. The van der Waals surface area contributed by atoms with Gasteiger partial charge in [0.1, 0.15) is 11.6 Å². The van der Waals surface area contributed by atoms with Gasteiger partial charge in [-0.25, -0.2) is 14.0 Å². The first-order valence-electron chi connectivity index (χ1n) is 9.87. The van der Waals surface area contributed by atoms with Gasteiger partial charge in [-0.15, -0.1) is 0 Å². The summed E-state index contributed by atoms with van der Waals surface area (Å²) in [5.74, 6) is -0.698. The Balaban J connectivity index is 1.47. The van der Waals surface area contributed by atoms with Crippen LogP contribution in [0.1, 0.15) is 16.8 Å². The lowest BCUT2D eigenvalue weighted by molar-refractivity contribution is -0.117. The van der Waals surface area contributed by atoms with Crippen LogP contribution in [-0.4, -0.2) is 67.6 Å². The van der Waals surface area contributed by atoms with Gasteiger partial charge in [-0.2, -0.15) is 0 Å². The number of amides is 2. The van der Waals surface area contributed by atoms with Gasteiger partial charge in [0.25, 0.3) is 0 Å². The summed E-state index contributed by atoms with van der Waals surface area (Å²) in [5, 5.41) is 2.73. The van der Waals surface area contributed by atoms with Crippen molar-refractivity contribution in [1.82, 2.24) is 9.80 Å². The molecule has 1 aliphatic rings. The van der Waals surface area contributed by atoms with Crippen LogP contribution < -0.4 is 10.1 Å². The maximum atomic E-state index is 13.0. The third kappa shape index (κ3) is 6.51. The molecule has 0 spiro atoms. The van der Waals surface area contributed by atoms with Crippen LogP contribution >= 0.6 is 0 Å². The molecule has 0 atom stereocenters. The molecule has 0 aromatic heterocycles. The van der Waals surface area contributed by atoms with Crippen molar-refractivity contribution in [2.45, 2.75) is 6.42 Å².